The highest BCUT2D eigenvalue weighted by atomic mass is 19.1. The number of ether oxygens (including phenoxy) is 1. The predicted molar refractivity (Wildman–Crippen MR) is 137 cm³/mol. The summed E-state index contributed by atoms with van der Waals surface area (Å²) in [6, 6.07) is 5.30. The first-order valence-corrected chi connectivity index (χ1v) is 12.1. The lowest BCUT2D eigenvalue weighted by atomic mass is 9.58. The van der Waals surface area contributed by atoms with Crippen molar-refractivity contribution in [2.75, 3.05) is 0 Å². The lowest BCUT2D eigenvalue weighted by Gasteiger charge is -2.40. The van der Waals surface area contributed by atoms with Crippen molar-refractivity contribution in [2.45, 2.75) is 62.9 Å². The first kappa shape index (κ1) is 25.5. The molecule has 12 heteroatoms. The average molecular weight is 494 g/mol. The molecule has 0 spiro atoms. The van der Waals surface area contributed by atoms with Gasteiger partial charge in [0.2, 0.25) is 0 Å². The van der Waals surface area contributed by atoms with Crippen molar-refractivity contribution < 1.29 is 13.5 Å². The Hall–Kier alpha value is -3.14. The normalized spacial score (nSPS) is 20.9. The van der Waals surface area contributed by atoms with E-state index in [2.05, 4.69) is 25.0 Å². The van der Waals surface area contributed by atoms with Crippen LogP contribution in [-0.4, -0.2) is 64.7 Å². The Labute approximate surface area is 217 Å². The van der Waals surface area contributed by atoms with Gasteiger partial charge in [0.1, 0.15) is 36.5 Å². The fourth-order valence-corrected chi connectivity index (χ4v) is 4.34. The van der Waals surface area contributed by atoms with Crippen LogP contribution >= 0.6 is 0 Å². The number of benzene rings is 1. The fourth-order valence-electron chi connectivity index (χ4n) is 4.34. The summed E-state index contributed by atoms with van der Waals surface area (Å²) in [5, 5.41) is 2.66. The summed E-state index contributed by atoms with van der Waals surface area (Å²) < 4.78 is 35.4. The number of hydrogen-bond donors (Lipinski definition) is 0. The molecule has 37 heavy (non-hydrogen) atoms. The second-order valence-corrected chi connectivity index (χ2v) is 9.59. The first-order chi connectivity index (χ1) is 17.6. The van der Waals surface area contributed by atoms with E-state index in [4.69, 9.17) is 28.3 Å². The maximum Gasteiger partial charge on any atom is 0.182 e. The first-order valence-electron chi connectivity index (χ1n) is 12.1. The standard InChI is InChI=1S/C19H15B3F2N4O.C6H8N2/c1-8-9(2)26-18-16(25-8)15(12-4-3-11(23)6-13(12)24)27-17(28-18)10-5-14(20)29-19(21,22)7-10;1-4-7-8(5-1)6-2-3-6/h3-4,6,10,14H,5,7H2,1-2H3;1,4-6H,2-3H2. The second-order valence-electron chi connectivity index (χ2n) is 9.59. The summed E-state index contributed by atoms with van der Waals surface area (Å²) in [5.41, 5.74) is 2.29. The third kappa shape index (κ3) is 5.74. The fraction of sp³-hybridized carbons (Fsp3) is 0.400. The molecule has 1 aromatic carbocycles. The number of halogens is 2. The molecule has 0 bridgehead atoms. The Kier molecular flexibility index (Phi) is 6.87. The molecule has 0 N–H and O–H groups in total. The van der Waals surface area contributed by atoms with Crippen molar-refractivity contribution in [3.63, 3.8) is 0 Å². The summed E-state index contributed by atoms with van der Waals surface area (Å²) in [6.45, 7) is 3.59. The number of fused-ring (bicyclic) bond motifs is 1. The molecule has 1 aliphatic heterocycles. The molecular formula is C25H23B3F2N6O. The molecule has 2 fully saturated rings. The van der Waals surface area contributed by atoms with Crippen LogP contribution in [0.5, 0.6) is 0 Å². The van der Waals surface area contributed by atoms with Crippen LogP contribution < -0.4 is 0 Å². The molecule has 1 saturated carbocycles. The van der Waals surface area contributed by atoms with E-state index in [0.29, 0.717) is 34.8 Å². The van der Waals surface area contributed by atoms with E-state index >= 15 is 0 Å². The van der Waals surface area contributed by atoms with Gasteiger partial charge in [-0.1, -0.05) is 0 Å². The summed E-state index contributed by atoms with van der Waals surface area (Å²) in [6.07, 6.45) is 7.10. The maximum absolute atomic E-state index is 14.6. The van der Waals surface area contributed by atoms with Crippen molar-refractivity contribution in [1.82, 2.24) is 29.7 Å². The molecular weight excluding hydrogens is 471 g/mol. The van der Waals surface area contributed by atoms with E-state index in [1.165, 1.54) is 18.9 Å². The largest absolute Gasteiger partial charge is 0.401 e. The Bertz CT molecular complexity index is 1430. The van der Waals surface area contributed by atoms with Crippen LogP contribution in [0, 0.1) is 25.5 Å². The number of hydrogen-bond acceptors (Lipinski definition) is 6. The molecule has 6 radical (unpaired) electrons. The molecule has 1 saturated heterocycles. The van der Waals surface area contributed by atoms with Gasteiger partial charge in [-0.2, -0.15) is 5.10 Å². The van der Waals surface area contributed by atoms with Gasteiger partial charge in [-0.15, -0.1) is 0 Å². The monoisotopic (exact) mass is 494 g/mol. The molecule has 6 rings (SSSR count). The minimum absolute atomic E-state index is 0.0979. The molecule has 0 amide bonds. The summed E-state index contributed by atoms with van der Waals surface area (Å²) in [5.74, 6) is -1.42. The molecule has 2 atom stereocenters. The van der Waals surface area contributed by atoms with Crippen LogP contribution in [-0.2, 0) is 4.74 Å². The highest BCUT2D eigenvalue weighted by Gasteiger charge is 2.34. The van der Waals surface area contributed by atoms with Crippen LogP contribution in [0.15, 0.2) is 36.7 Å². The van der Waals surface area contributed by atoms with E-state index in [1.807, 2.05) is 23.1 Å². The summed E-state index contributed by atoms with van der Waals surface area (Å²) in [4.78, 5) is 18.1. The van der Waals surface area contributed by atoms with Crippen LogP contribution in [0.1, 0.15) is 54.9 Å². The zero-order valence-corrected chi connectivity index (χ0v) is 20.6. The van der Waals surface area contributed by atoms with Gasteiger partial charge in [0, 0.05) is 35.9 Å². The third-order valence-corrected chi connectivity index (χ3v) is 6.41. The Balaban J connectivity index is 0.000000295. The van der Waals surface area contributed by atoms with Crippen LogP contribution in [0.3, 0.4) is 0 Å². The molecule has 7 nitrogen and oxygen atoms in total. The van der Waals surface area contributed by atoms with Gasteiger partial charge in [-0.3, -0.25) is 4.68 Å². The summed E-state index contributed by atoms with van der Waals surface area (Å²) >= 11 is 0. The molecule has 4 heterocycles. The smallest absolute Gasteiger partial charge is 0.182 e. The van der Waals surface area contributed by atoms with Gasteiger partial charge < -0.3 is 4.74 Å². The van der Waals surface area contributed by atoms with Crippen LogP contribution in [0.25, 0.3) is 22.4 Å². The van der Waals surface area contributed by atoms with E-state index < -0.39 is 23.0 Å². The molecule has 4 aromatic rings. The zero-order chi connectivity index (χ0) is 26.3. The topological polar surface area (TPSA) is 78.6 Å². The van der Waals surface area contributed by atoms with E-state index in [9.17, 15) is 8.78 Å². The average Bonchev–Trinajstić information content (AvgIpc) is 3.52. The van der Waals surface area contributed by atoms with E-state index in [-0.39, 0.29) is 23.6 Å². The van der Waals surface area contributed by atoms with Gasteiger partial charge in [0.05, 0.1) is 33.1 Å². The number of nitrogens with zero attached hydrogens (tertiary/aromatic N) is 6. The highest BCUT2D eigenvalue weighted by Crippen LogP contribution is 2.36. The lowest BCUT2D eigenvalue weighted by Crippen LogP contribution is -2.45. The number of aromatic nitrogens is 6. The Morgan fingerprint density at radius 3 is 2.46 bits per heavy atom. The predicted octanol–water partition coefficient (Wildman–Crippen LogP) is 3.58. The Morgan fingerprint density at radius 2 is 1.81 bits per heavy atom. The van der Waals surface area contributed by atoms with Crippen molar-refractivity contribution in [3.05, 3.63) is 65.5 Å². The van der Waals surface area contributed by atoms with Gasteiger partial charge >= 0.3 is 0 Å². The van der Waals surface area contributed by atoms with Gasteiger partial charge in [-0.05, 0) is 63.1 Å². The third-order valence-electron chi connectivity index (χ3n) is 6.41. The molecule has 182 valence electrons. The lowest BCUT2D eigenvalue weighted by molar-refractivity contribution is 0.00134. The maximum atomic E-state index is 14.6. The highest BCUT2D eigenvalue weighted by molar-refractivity contribution is 6.39. The van der Waals surface area contributed by atoms with Gasteiger partial charge in [-0.25, -0.2) is 28.7 Å². The van der Waals surface area contributed by atoms with E-state index in [0.717, 1.165) is 18.2 Å². The number of aryl methyl sites for hydroxylation is 2. The minimum atomic E-state index is -1.43. The van der Waals surface area contributed by atoms with Gasteiger partial charge in [0.15, 0.2) is 5.65 Å². The Morgan fingerprint density at radius 1 is 1.05 bits per heavy atom. The van der Waals surface area contributed by atoms with Crippen LogP contribution in [0.2, 0.25) is 0 Å². The molecule has 2 aliphatic rings. The molecule has 1 aliphatic carbocycles. The van der Waals surface area contributed by atoms with Crippen molar-refractivity contribution in [2.24, 2.45) is 0 Å². The van der Waals surface area contributed by atoms with Gasteiger partial charge in [0.25, 0.3) is 0 Å². The van der Waals surface area contributed by atoms with Crippen molar-refractivity contribution in [1.29, 1.82) is 0 Å². The van der Waals surface area contributed by atoms with Crippen molar-refractivity contribution >= 4 is 34.7 Å². The zero-order valence-electron chi connectivity index (χ0n) is 20.6. The SMILES string of the molecule is [B]C1CC(c2nc(-c3ccc(F)cc3F)c3nc(C)c(C)nc3n2)CC([B])([B])O1.c1cnn(C2CC2)c1. The number of rotatable bonds is 3. The van der Waals surface area contributed by atoms with Crippen LogP contribution in [0.4, 0.5) is 8.78 Å². The minimum Gasteiger partial charge on any atom is -0.401 e. The van der Waals surface area contributed by atoms with Crippen molar-refractivity contribution in [3.8, 4) is 11.3 Å². The molecule has 3 aromatic heterocycles. The summed E-state index contributed by atoms with van der Waals surface area (Å²) in [7, 11) is 17.8. The van der Waals surface area contributed by atoms with E-state index in [1.54, 1.807) is 13.8 Å². The molecule has 2 unspecified atom stereocenters. The quantitative estimate of drug-likeness (QED) is 0.406. The second kappa shape index (κ2) is 9.97.